The number of aliphatic hydroxyl groups is 2. The lowest BCUT2D eigenvalue weighted by Gasteiger charge is -2.37. The van der Waals surface area contributed by atoms with Crippen molar-refractivity contribution in [2.45, 2.75) is 36.4 Å². The Hall–Kier alpha value is -4.45. The van der Waals surface area contributed by atoms with Crippen LogP contribution in [0.2, 0.25) is 0 Å². The van der Waals surface area contributed by atoms with E-state index in [9.17, 15) is 29.7 Å². The number of hydrogen-bond acceptors (Lipinski definition) is 9. The van der Waals surface area contributed by atoms with Crippen LogP contribution in [0.5, 0.6) is 5.75 Å². The van der Waals surface area contributed by atoms with Crippen molar-refractivity contribution in [3.8, 4) is 29.4 Å². The van der Waals surface area contributed by atoms with Crippen molar-refractivity contribution in [1.82, 2.24) is 5.32 Å². The van der Waals surface area contributed by atoms with E-state index in [4.69, 9.17) is 4.74 Å². The molecule has 39 heavy (non-hydrogen) atoms. The molecule has 4 aliphatic rings. The molecular formula is C29H23N3O7. The number of phenolic OH excluding ortho intramolecular Hbond substituents is 1. The first-order valence-corrected chi connectivity index (χ1v) is 12.3. The number of amides is 1. The predicted molar refractivity (Wildman–Crippen MR) is 139 cm³/mol. The Bertz CT molecular complexity index is 1650. The number of ether oxygens (including phenoxy) is 1. The normalized spacial score (nSPS) is 28.4. The minimum atomic E-state index is -1.63. The van der Waals surface area contributed by atoms with Crippen LogP contribution >= 0.6 is 0 Å². The van der Waals surface area contributed by atoms with Gasteiger partial charge >= 0.3 is 0 Å². The lowest BCUT2D eigenvalue weighted by Crippen LogP contribution is -2.54. The second-order valence-corrected chi connectivity index (χ2v) is 9.76. The van der Waals surface area contributed by atoms with Crippen LogP contribution in [0.1, 0.15) is 44.3 Å². The highest BCUT2D eigenvalue weighted by molar-refractivity contribution is 6.31. The fraction of sp³-hybridized carbons (Fsp3) is 0.276. The van der Waals surface area contributed by atoms with Crippen LogP contribution < -0.4 is 16.0 Å². The number of likely N-dealkylation sites (N-methyl/N-ethyl adjacent to an activating group) is 1. The summed E-state index contributed by atoms with van der Waals surface area (Å²) in [5, 5.41) is 41.7. The number of epoxide rings is 1. The maximum atomic E-state index is 13.9. The number of ketones is 2. The topological polar surface area (TPSA) is 161 Å². The molecule has 2 aliphatic heterocycles. The van der Waals surface area contributed by atoms with E-state index in [1.165, 1.54) is 43.3 Å². The Balaban J connectivity index is 1.55. The van der Waals surface area contributed by atoms with E-state index in [0.29, 0.717) is 5.69 Å². The van der Waals surface area contributed by atoms with Crippen molar-refractivity contribution in [3.63, 3.8) is 0 Å². The molecule has 0 spiro atoms. The highest BCUT2D eigenvalue weighted by Gasteiger charge is 2.82. The molecule has 10 nitrogen and oxygen atoms in total. The molecule has 5 atom stereocenters. The summed E-state index contributed by atoms with van der Waals surface area (Å²) in [6, 6.07) is 4.72. The number of rotatable bonds is 4. The van der Waals surface area contributed by atoms with Crippen LogP contribution in [-0.2, 0) is 15.1 Å². The van der Waals surface area contributed by atoms with Gasteiger partial charge in [-0.25, -0.2) is 0 Å². The molecule has 2 bridgehead atoms. The van der Waals surface area contributed by atoms with Crippen LogP contribution in [0.3, 0.4) is 0 Å². The molecule has 0 saturated carbocycles. The van der Waals surface area contributed by atoms with Gasteiger partial charge in [0, 0.05) is 22.4 Å². The second-order valence-electron chi connectivity index (χ2n) is 9.76. The highest BCUT2D eigenvalue weighted by Crippen LogP contribution is 2.67. The molecule has 6 rings (SSSR count). The molecular weight excluding hydrogens is 502 g/mol. The fourth-order valence-electron chi connectivity index (χ4n) is 5.88. The van der Waals surface area contributed by atoms with Crippen LogP contribution in [-0.4, -0.2) is 70.2 Å². The van der Waals surface area contributed by atoms with Gasteiger partial charge in [0.2, 0.25) is 5.91 Å². The number of hydrogen-bond donors (Lipinski definition) is 6. The Morgan fingerprint density at radius 2 is 1.85 bits per heavy atom. The molecule has 6 N–H and O–H groups in total. The number of phenols is 1. The molecule has 1 fully saturated rings. The Kier molecular flexibility index (Phi) is 5.44. The first-order valence-electron chi connectivity index (χ1n) is 12.3. The lowest BCUT2D eigenvalue weighted by atomic mass is 9.69. The number of aliphatic hydroxyl groups excluding tert-OH is 2. The molecule has 2 heterocycles. The summed E-state index contributed by atoms with van der Waals surface area (Å²) in [5.74, 6) is 9.21. The zero-order valence-corrected chi connectivity index (χ0v) is 20.9. The maximum Gasteiger partial charge on any atom is 0.238 e. The molecule has 2 aromatic rings. The molecule has 196 valence electrons. The number of fused-ring (bicyclic) bond motifs is 4. The van der Waals surface area contributed by atoms with Gasteiger partial charge in [-0.3, -0.25) is 14.4 Å². The number of allylic oxidation sites excluding steroid dienone is 2. The summed E-state index contributed by atoms with van der Waals surface area (Å²) in [4.78, 5) is 39.6. The van der Waals surface area contributed by atoms with Gasteiger partial charge < -0.3 is 36.0 Å². The summed E-state index contributed by atoms with van der Waals surface area (Å²) in [6.45, 7) is 1.56. The Labute approximate surface area is 223 Å². The summed E-state index contributed by atoms with van der Waals surface area (Å²) >= 11 is 0. The number of nitrogens with one attached hydrogen (secondary N) is 3. The van der Waals surface area contributed by atoms with Crippen molar-refractivity contribution in [2.75, 3.05) is 24.2 Å². The third-order valence-electron chi connectivity index (χ3n) is 7.58. The van der Waals surface area contributed by atoms with Crippen molar-refractivity contribution in [1.29, 1.82) is 0 Å². The lowest BCUT2D eigenvalue weighted by molar-refractivity contribution is -0.115. The zero-order valence-electron chi connectivity index (χ0n) is 20.9. The van der Waals surface area contributed by atoms with Crippen molar-refractivity contribution >= 4 is 28.8 Å². The number of carbonyl (C=O) groups is 3. The summed E-state index contributed by atoms with van der Waals surface area (Å²) in [5.41, 5.74) is -2.61. The molecule has 1 amide bonds. The molecule has 10 heteroatoms. The largest absolute Gasteiger partial charge is 0.507 e. The van der Waals surface area contributed by atoms with E-state index in [1.807, 2.05) is 0 Å². The predicted octanol–water partition coefficient (Wildman–Crippen LogP) is 0.402. The first-order chi connectivity index (χ1) is 18.7. The Morgan fingerprint density at radius 3 is 2.56 bits per heavy atom. The third-order valence-corrected chi connectivity index (χ3v) is 7.58. The third kappa shape index (κ3) is 3.24. The van der Waals surface area contributed by atoms with Crippen molar-refractivity contribution in [3.05, 3.63) is 64.2 Å². The van der Waals surface area contributed by atoms with Crippen LogP contribution in [0.15, 0.2) is 36.4 Å². The minimum Gasteiger partial charge on any atom is -0.507 e. The van der Waals surface area contributed by atoms with E-state index in [0.717, 1.165) is 0 Å². The number of aromatic hydroxyl groups is 1. The second kappa shape index (κ2) is 8.53. The van der Waals surface area contributed by atoms with Gasteiger partial charge in [-0.15, -0.1) is 0 Å². The smallest absolute Gasteiger partial charge is 0.238 e. The summed E-state index contributed by atoms with van der Waals surface area (Å²) in [7, 11) is 1.62. The van der Waals surface area contributed by atoms with E-state index >= 15 is 0 Å². The molecule has 1 saturated heterocycles. The van der Waals surface area contributed by atoms with Crippen LogP contribution in [0.25, 0.3) is 0 Å². The van der Waals surface area contributed by atoms with Gasteiger partial charge in [0.15, 0.2) is 28.9 Å². The van der Waals surface area contributed by atoms with Gasteiger partial charge in [0.25, 0.3) is 0 Å². The SMILES string of the molecule is CNCC(=O)Nc1ccc2c(c1)C(=O)c1c(O)cc3c(c1C2=O)N[C@H]1C#C/C=C\C#C[C@@H](O)[C@@]32O[C@@]12[C@@H](C)O. The molecule has 2 aromatic carbocycles. The average molecular weight is 526 g/mol. The van der Waals surface area contributed by atoms with E-state index in [1.54, 1.807) is 7.05 Å². The van der Waals surface area contributed by atoms with E-state index in [-0.39, 0.29) is 46.0 Å². The average Bonchev–Trinajstić information content (AvgIpc) is 3.63. The monoisotopic (exact) mass is 525 g/mol. The molecule has 0 aromatic heterocycles. The van der Waals surface area contributed by atoms with Gasteiger partial charge in [-0.1, -0.05) is 23.7 Å². The van der Waals surface area contributed by atoms with E-state index in [2.05, 4.69) is 39.6 Å². The maximum absolute atomic E-state index is 13.9. The Morgan fingerprint density at radius 1 is 1.13 bits per heavy atom. The molecule has 2 aliphatic carbocycles. The summed E-state index contributed by atoms with van der Waals surface area (Å²) < 4.78 is 6.15. The molecule has 0 radical (unpaired) electrons. The number of carbonyl (C=O) groups excluding carboxylic acids is 3. The van der Waals surface area contributed by atoms with Crippen molar-refractivity contribution in [2.24, 2.45) is 0 Å². The van der Waals surface area contributed by atoms with Crippen LogP contribution in [0, 0.1) is 23.7 Å². The van der Waals surface area contributed by atoms with E-state index < -0.39 is 46.8 Å². The number of benzene rings is 2. The summed E-state index contributed by atoms with van der Waals surface area (Å²) in [6.07, 6.45) is 0.375. The fourth-order valence-corrected chi connectivity index (χ4v) is 5.88. The van der Waals surface area contributed by atoms with Gasteiger partial charge in [0.05, 0.1) is 29.5 Å². The highest BCUT2D eigenvalue weighted by atomic mass is 16.7. The quantitative estimate of drug-likeness (QED) is 0.161. The molecule has 0 unspecified atom stereocenters. The first kappa shape index (κ1) is 24.9. The minimum absolute atomic E-state index is 0.0262. The van der Waals surface area contributed by atoms with Gasteiger partial charge in [-0.2, -0.15) is 0 Å². The number of anilines is 2. The van der Waals surface area contributed by atoms with Gasteiger partial charge in [-0.05, 0) is 50.4 Å². The van der Waals surface area contributed by atoms with Crippen LogP contribution in [0.4, 0.5) is 11.4 Å². The zero-order chi connectivity index (χ0) is 27.7. The van der Waals surface area contributed by atoms with Gasteiger partial charge in [0.1, 0.15) is 11.8 Å². The standard InChI is InChI=1S/C29H23N3O7/c1-14(33)28-20-7-5-3-4-6-8-21(35)29(28,39-28)18-12-19(34)23-24(25(18)32-20)26(37)16-10-9-15(11-17(16)27(23)38)31-22(36)13-30-2/h3-4,9-12,14,20-21,30,32-35H,13H2,1-2H3,(H,31,36)/b4-3-/t14-,20+,21-,28+,29+/m1/s1. The van der Waals surface area contributed by atoms with Crippen molar-refractivity contribution < 1.29 is 34.4 Å².